The van der Waals surface area contributed by atoms with Crippen molar-refractivity contribution in [2.45, 2.75) is 45.1 Å². The van der Waals surface area contributed by atoms with Gasteiger partial charge in [0.25, 0.3) is 0 Å². The summed E-state index contributed by atoms with van der Waals surface area (Å²) in [5.41, 5.74) is 0.823. The first kappa shape index (κ1) is 14.0. The van der Waals surface area contributed by atoms with E-state index in [2.05, 4.69) is 28.2 Å². The van der Waals surface area contributed by atoms with Crippen molar-refractivity contribution < 1.29 is 4.39 Å². The molecule has 0 heterocycles. The fourth-order valence-corrected chi connectivity index (χ4v) is 2.94. The van der Waals surface area contributed by atoms with E-state index in [9.17, 15) is 4.39 Å². The minimum Gasteiger partial charge on any atom is -0.314 e. The second-order valence-corrected chi connectivity index (χ2v) is 6.14. The van der Waals surface area contributed by atoms with E-state index in [-0.39, 0.29) is 5.82 Å². The topological polar surface area (TPSA) is 12.0 Å². The molecule has 0 aromatic heterocycles. The molecule has 0 spiro atoms. The lowest BCUT2D eigenvalue weighted by molar-refractivity contribution is 0.259. The SMILES string of the molecule is CCNC(Cc1ccc(Br)cc1F)CC1CCC1. The molecule has 1 aromatic carbocycles. The Morgan fingerprint density at radius 2 is 2.22 bits per heavy atom. The summed E-state index contributed by atoms with van der Waals surface area (Å²) in [4.78, 5) is 0. The van der Waals surface area contributed by atoms with Crippen LogP contribution in [0.15, 0.2) is 22.7 Å². The summed E-state index contributed by atoms with van der Waals surface area (Å²) >= 11 is 3.30. The normalized spacial score (nSPS) is 17.5. The molecule has 100 valence electrons. The number of halogens is 2. The van der Waals surface area contributed by atoms with Gasteiger partial charge in [-0.1, -0.05) is 48.2 Å². The van der Waals surface area contributed by atoms with Crippen LogP contribution < -0.4 is 5.32 Å². The van der Waals surface area contributed by atoms with Gasteiger partial charge in [0, 0.05) is 10.5 Å². The van der Waals surface area contributed by atoms with Gasteiger partial charge in [-0.05, 0) is 43.0 Å². The Labute approximate surface area is 117 Å². The lowest BCUT2D eigenvalue weighted by Gasteiger charge is -2.30. The van der Waals surface area contributed by atoms with E-state index in [1.807, 2.05) is 12.1 Å². The van der Waals surface area contributed by atoms with E-state index in [1.54, 1.807) is 6.07 Å². The molecular weight excluding hydrogens is 293 g/mol. The third-order valence-electron chi connectivity index (χ3n) is 3.82. The van der Waals surface area contributed by atoms with Crippen molar-refractivity contribution in [1.29, 1.82) is 0 Å². The number of hydrogen-bond donors (Lipinski definition) is 1. The number of nitrogens with one attached hydrogen (secondary N) is 1. The van der Waals surface area contributed by atoms with Gasteiger partial charge in [-0.15, -0.1) is 0 Å². The Morgan fingerprint density at radius 3 is 2.78 bits per heavy atom. The molecule has 2 rings (SSSR count). The molecule has 3 heteroatoms. The van der Waals surface area contributed by atoms with Gasteiger partial charge in [-0.2, -0.15) is 0 Å². The average molecular weight is 314 g/mol. The third kappa shape index (κ3) is 3.79. The molecular formula is C15H21BrFN. The maximum absolute atomic E-state index is 13.8. The summed E-state index contributed by atoms with van der Waals surface area (Å²) in [7, 11) is 0. The maximum atomic E-state index is 13.8. The van der Waals surface area contributed by atoms with E-state index >= 15 is 0 Å². The lowest BCUT2D eigenvalue weighted by Crippen LogP contribution is -2.34. The Hall–Kier alpha value is -0.410. The molecule has 1 atom stereocenters. The largest absolute Gasteiger partial charge is 0.314 e. The summed E-state index contributed by atoms with van der Waals surface area (Å²) in [5, 5.41) is 3.49. The fourth-order valence-electron chi connectivity index (χ4n) is 2.61. The zero-order chi connectivity index (χ0) is 13.0. The Bertz CT molecular complexity index is 390. The van der Waals surface area contributed by atoms with Crippen molar-refractivity contribution in [3.8, 4) is 0 Å². The molecule has 1 aliphatic carbocycles. The van der Waals surface area contributed by atoms with E-state index in [0.29, 0.717) is 6.04 Å². The Kier molecular flexibility index (Phi) is 5.19. The summed E-state index contributed by atoms with van der Waals surface area (Å²) in [6.07, 6.45) is 6.05. The first-order valence-corrected chi connectivity index (χ1v) is 7.65. The van der Waals surface area contributed by atoms with Crippen molar-refractivity contribution in [3.05, 3.63) is 34.1 Å². The standard InChI is InChI=1S/C15H21BrFN/c1-2-18-14(8-11-4-3-5-11)9-12-6-7-13(16)10-15(12)17/h6-7,10-11,14,18H,2-5,8-9H2,1H3. The van der Waals surface area contributed by atoms with Gasteiger partial charge in [0.2, 0.25) is 0 Å². The highest BCUT2D eigenvalue weighted by atomic mass is 79.9. The zero-order valence-corrected chi connectivity index (χ0v) is 12.5. The van der Waals surface area contributed by atoms with Crippen LogP contribution in [0.5, 0.6) is 0 Å². The minimum absolute atomic E-state index is 0.0964. The highest BCUT2D eigenvalue weighted by Crippen LogP contribution is 2.31. The van der Waals surface area contributed by atoms with Crippen molar-refractivity contribution >= 4 is 15.9 Å². The van der Waals surface area contributed by atoms with Crippen LogP contribution in [-0.4, -0.2) is 12.6 Å². The summed E-state index contributed by atoms with van der Waals surface area (Å²) in [5.74, 6) is 0.758. The monoisotopic (exact) mass is 313 g/mol. The molecule has 18 heavy (non-hydrogen) atoms. The minimum atomic E-state index is -0.0964. The molecule has 1 aliphatic rings. The van der Waals surface area contributed by atoms with Crippen LogP contribution in [-0.2, 0) is 6.42 Å². The van der Waals surface area contributed by atoms with Gasteiger partial charge in [-0.3, -0.25) is 0 Å². The quantitative estimate of drug-likeness (QED) is 0.825. The van der Waals surface area contributed by atoms with E-state index in [1.165, 1.54) is 25.7 Å². The molecule has 0 amide bonds. The number of rotatable bonds is 6. The predicted molar refractivity (Wildman–Crippen MR) is 77.2 cm³/mol. The zero-order valence-electron chi connectivity index (χ0n) is 10.9. The van der Waals surface area contributed by atoms with Gasteiger partial charge in [0.1, 0.15) is 5.82 Å². The van der Waals surface area contributed by atoms with Crippen molar-refractivity contribution in [2.24, 2.45) is 5.92 Å². The average Bonchev–Trinajstić information content (AvgIpc) is 2.27. The lowest BCUT2D eigenvalue weighted by atomic mass is 9.80. The molecule has 0 aliphatic heterocycles. The first-order chi connectivity index (χ1) is 8.69. The molecule has 1 aromatic rings. The molecule has 0 saturated heterocycles. The second kappa shape index (κ2) is 6.67. The molecule has 1 unspecified atom stereocenters. The van der Waals surface area contributed by atoms with E-state index < -0.39 is 0 Å². The van der Waals surface area contributed by atoms with Gasteiger partial charge in [0.05, 0.1) is 0 Å². The first-order valence-electron chi connectivity index (χ1n) is 6.86. The molecule has 1 saturated carbocycles. The number of benzene rings is 1. The van der Waals surface area contributed by atoms with Crippen molar-refractivity contribution in [3.63, 3.8) is 0 Å². The van der Waals surface area contributed by atoms with Crippen LogP contribution in [0.25, 0.3) is 0 Å². The van der Waals surface area contributed by atoms with Crippen molar-refractivity contribution in [2.75, 3.05) is 6.54 Å². The van der Waals surface area contributed by atoms with E-state index in [4.69, 9.17) is 0 Å². The molecule has 1 N–H and O–H groups in total. The van der Waals surface area contributed by atoms with Gasteiger partial charge in [0.15, 0.2) is 0 Å². The Morgan fingerprint density at radius 1 is 1.44 bits per heavy atom. The Balaban J connectivity index is 1.97. The summed E-state index contributed by atoms with van der Waals surface area (Å²) < 4.78 is 14.6. The van der Waals surface area contributed by atoms with Crippen molar-refractivity contribution in [1.82, 2.24) is 5.32 Å². The molecule has 0 bridgehead atoms. The predicted octanol–water partition coefficient (Wildman–Crippen LogP) is 4.30. The van der Waals surface area contributed by atoms with Crippen LogP contribution in [0.3, 0.4) is 0 Å². The maximum Gasteiger partial charge on any atom is 0.127 e. The van der Waals surface area contributed by atoms with Gasteiger partial charge >= 0.3 is 0 Å². The smallest absolute Gasteiger partial charge is 0.127 e. The fraction of sp³-hybridized carbons (Fsp3) is 0.600. The van der Waals surface area contributed by atoms with Gasteiger partial charge in [-0.25, -0.2) is 4.39 Å². The number of hydrogen-bond acceptors (Lipinski definition) is 1. The molecule has 0 radical (unpaired) electrons. The van der Waals surface area contributed by atoms with Gasteiger partial charge < -0.3 is 5.32 Å². The van der Waals surface area contributed by atoms with E-state index in [0.717, 1.165) is 28.9 Å². The highest BCUT2D eigenvalue weighted by Gasteiger charge is 2.22. The summed E-state index contributed by atoms with van der Waals surface area (Å²) in [6, 6.07) is 5.78. The van der Waals surface area contributed by atoms with Crippen LogP contribution in [0, 0.1) is 11.7 Å². The van der Waals surface area contributed by atoms with Crippen LogP contribution in [0.2, 0.25) is 0 Å². The second-order valence-electron chi connectivity index (χ2n) is 5.23. The number of likely N-dealkylation sites (N-methyl/N-ethyl adjacent to an activating group) is 1. The molecule has 1 fully saturated rings. The third-order valence-corrected chi connectivity index (χ3v) is 4.31. The molecule has 1 nitrogen and oxygen atoms in total. The van der Waals surface area contributed by atoms with Crippen LogP contribution >= 0.6 is 15.9 Å². The summed E-state index contributed by atoms with van der Waals surface area (Å²) in [6.45, 7) is 3.07. The highest BCUT2D eigenvalue weighted by molar-refractivity contribution is 9.10. The van der Waals surface area contributed by atoms with Crippen LogP contribution in [0.1, 0.15) is 38.2 Å². The van der Waals surface area contributed by atoms with Crippen LogP contribution in [0.4, 0.5) is 4.39 Å².